The molecule has 0 aliphatic carbocycles. The molecule has 2 rings (SSSR count). The van der Waals surface area contributed by atoms with Crippen LogP contribution in [0.1, 0.15) is 23.2 Å². The fourth-order valence-electron chi connectivity index (χ4n) is 2.18. The zero-order valence-electron chi connectivity index (χ0n) is 10.9. The summed E-state index contributed by atoms with van der Waals surface area (Å²) in [5.74, 6) is -0.117. The van der Waals surface area contributed by atoms with Gasteiger partial charge in [-0.3, -0.25) is 4.79 Å². The second kappa shape index (κ2) is 6.55. The quantitative estimate of drug-likeness (QED) is 0.802. The summed E-state index contributed by atoms with van der Waals surface area (Å²) in [7, 11) is 1.78. The lowest BCUT2D eigenvalue weighted by atomic mass is 10.2. The second-order valence-electron chi connectivity index (χ2n) is 4.76. The van der Waals surface area contributed by atoms with Gasteiger partial charge in [-0.05, 0) is 32.0 Å². The third kappa shape index (κ3) is 3.81. The van der Waals surface area contributed by atoms with Crippen molar-refractivity contribution in [2.24, 2.45) is 0 Å². The monoisotopic (exact) mass is 301 g/mol. The number of amides is 1. The number of pyridine rings is 1. The van der Waals surface area contributed by atoms with E-state index in [0.717, 1.165) is 19.6 Å². The fraction of sp³-hybridized carbons (Fsp3) is 0.538. The Kier molecular flexibility index (Phi) is 5.02. The topological polar surface area (TPSA) is 36.4 Å². The standard InChI is InChI=1S/C13H17Cl2N3O/c1-17(6-7-18-4-2-3-5-18)13(19)10-8-12(15)16-9-11(10)14/h8-9H,2-7H2,1H3. The molecule has 104 valence electrons. The molecule has 0 atom stereocenters. The van der Waals surface area contributed by atoms with Crippen LogP contribution in [0.5, 0.6) is 0 Å². The van der Waals surface area contributed by atoms with Crippen molar-refractivity contribution >= 4 is 29.1 Å². The van der Waals surface area contributed by atoms with Gasteiger partial charge < -0.3 is 9.80 Å². The number of hydrogen-bond acceptors (Lipinski definition) is 3. The van der Waals surface area contributed by atoms with Crippen molar-refractivity contribution in [1.29, 1.82) is 0 Å². The van der Waals surface area contributed by atoms with E-state index in [-0.39, 0.29) is 11.1 Å². The van der Waals surface area contributed by atoms with Crippen LogP contribution in [0.2, 0.25) is 10.2 Å². The molecule has 1 aliphatic rings. The number of rotatable bonds is 4. The van der Waals surface area contributed by atoms with E-state index in [0.29, 0.717) is 17.1 Å². The van der Waals surface area contributed by atoms with Crippen LogP contribution in [0.15, 0.2) is 12.3 Å². The van der Waals surface area contributed by atoms with Gasteiger partial charge in [0.15, 0.2) is 0 Å². The molecule has 1 aromatic rings. The molecular weight excluding hydrogens is 285 g/mol. The van der Waals surface area contributed by atoms with Gasteiger partial charge in [0, 0.05) is 26.3 Å². The lowest BCUT2D eigenvalue weighted by Gasteiger charge is -2.22. The fourth-order valence-corrected chi connectivity index (χ4v) is 2.52. The number of hydrogen-bond donors (Lipinski definition) is 0. The molecule has 0 saturated carbocycles. The zero-order valence-corrected chi connectivity index (χ0v) is 12.4. The molecule has 4 nitrogen and oxygen atoms in total. The van der Waals surface area contributed by atoms with Gasteiger partial charge in [0.25, 0.3) is 5.91 Å². The van der Waals surface area contributed by atoms with Crippen LogP contribution < -0.4 is 0 Å². The predicted octanol–water partition coefficient (Wildman–Crippen LogP) is 2.56. The molecule has 0 radical (unpaired) electrons. The Morgan fingerprint density at radius 2 is 2.11 bits per heavy atom. The SMILES string of the molecule is CN(CCN1CCCC1)C(=O)c1cc(Cl)ncc1Cl. The number of carbonyl (C=O) groups excluding carboxylic acids is 1. The van der Waals surface area contributed by atoms with Gasteiger partial charge in [-0.1, -0.05) is 23.2 Å². The van der Waals surface area contributed by atoms with Crippen molar-refractivity contribution in [3.05, 3.63) is 28.0 Å². The zero-order chi connectivity index (χ0) is 13.8. The summed E-state index contributed by atoms with van der Waals surface area (Å²) in [6.07, 6.45) is 3.92. The number of likely N-dealkylation sites (tertiary alicyclic amines) is 1. The van der Waals surface area contributed by atoms with Crippen molar-refractivity contribution < 1.29 is 4.79 Å². The molecule has 0 bridgehead atoms. The number of likely N-dealkylation sites (N-methyl/N-ethyl adjacent to an activating group) is 1. The van der Waals surface area contributed by atoms with Gasteiger partial charge in [-0.15, -0.1) is 0 Å². The van der Waals surface area contributed by atoms with Gasteiger partial charge in [-0.25, -0.2) is 4.98 Å². The summed E-state index contributed by atoms with van der Waals surface area (Å²) >= 11 is 11.8. The number of halogens is 2. The summed E-state index contributed by atoms with van der Waals surface area (Å²) in [5, 5.41) is 0.614. The van der Waals surface area contributed by atoms with Gasteiger partial charge >= 0.3 is 0 Å². The summed E-state index contributed by atoms with van der Waals surface area (Å²) in [5.41, 5.74) is 0.408. The summed E-state index contributed by atoms with van der Waals surface area (Å²) in [4.78, 5) is 20.1. The Morgan fingerprint density at radius 1 is 1.42 bits per heavy atom. The molecule has 0 aromatic carbocycles. The predicted molar refractivity (Wildman–Crippen MR) is 76.9 cm³/mol. The first-order valence-electron chi connectivity index (χ1n) is 6.37. The smallest absolute Gasteiger partial charge is 0.255 e. The van der Waals surface area contributed by atoms with E-state index in [4.69, 9.17) is 23.2 Å². The van der Waals surface area contributed by atoms with Crippen LogP contribution in [-0.2, 0) is 0 Å². The van der Waals surface area contributed by atoms with Crippen molar-refractivity contribution in [2.75, 3.05) is 33.2 Å². The van der Waals surface area contributed by atoms with E-state index >= 15 is 0 Å². The third-order valence-corrected chi connectivity index (χ3v) is 3.86. The first-order chi connectivity index (χ1) is 9.08. The van der Waals surface area contributed by atoms with E-state index in [1.54, 1.807) is 11.9 Å². The average molecular weight is 302 g/mol. The molecule has 6 heteroatoms. The average Bonchev–Trinajstić information content (AvgIpc) is 2.91. The third-order valence-electron chi connectivity index (χ3n) is 3.35. The maximum absolute atomic E-state index is 12.3. The maximum Gasteiger partial charge on any atom is 0.255 e. The Balaban J connectivity index is 1.95. The molecule has 2 heterocycles. The van der Waals surface area contributed by atoms with E-state index < -0.39 is 0 Å². The molecule has 1 saturated heterocycles. The maximum atomic E-state index is 12.3. The lowest BCUT2D eigenvalue weighted by molar-refractivity contribution is 0.0782. The van der Waals surface area contributed by atoms with Crippen LogP contribution in [0.3, 0.4) is 0 Å². The van der Waals surface area contributed by atoms with Crippen LogP contribution in [-0.4, -0.2) is 53.9 Å². The largest absolute Gasteiger partial charge is 0.340 e. The highest BCUT2D eigenvalue weighted by Crippen LogP contribution is 2.19. The van der Waals surface area contributed by atoms with Crippen molar-refractivity contribution in [1.82, 2.24) is 14.8 Å². The first kappa shape index (κ1) is 14.6. The number of nitrogens with zero attached hydrogens (tertiary/aromatic N) is 3. The van der Waals surface area contributed by atoms with Crippen LogP contribution in [0.4, 0.5) is 0 Å². The molecule has 0 spiro atoms. The highest BCUT2D eigenvalue weighted by Gasteiger charge is 2.18. The minimum absolute atomic E-state index is 0.117. The Morgan fingerprint density at radius 3 is 2.79 bits per heavy atom. The summed E-state index contributed by atoms with van der Waals surface area (Å²) < 4.78 is 0. The van der Waals surface area contributed by atoms with Crippen molar-refractivity contribution in [3.63, 3.8) is 0 Å². The molecule has 1 aliphatic heterocycles. The summed E-state index contributed by atoms with van der Waals surface area (Å²) in [6.45, 7) is 3.85. The highest BCUT2D eigenvalue weighted by atomic mass is 35.5. The van der Waals surface area contributed by atoms with E-state index in [2.05, 4.69) is 9.88 Å². The Hall–Kier alpha value is -0.840. The van der Waals surface area contributed by atoms with E-state index in [1.807, 2.05) is 0 Å². The van der Waals surface area contributed by atoms with Gasteiger partial charge in [0.05, 0.1) is 10.6 Å². The van der Waals surface area contributed by atoms with Crippen LogP contribution in [0.25, 0.3) is 0 Å². The van der Waals surface area contributed by atoms with Gasteiger partial charge in [0.2, 0.25) is 0 Å². The van der Waals surface area contributed by atoms with E-state index in [9.17, 15) is 4.79 Å². The van der Waals surface area contributed by atoms with E-state index in [1.165, 1.54) is 25.1 Å². The molecule has 1 fully saturated rings. The summed E-state index contributed by atoms with van der Waals surface area (Å²) in [6, 6.07) is 1.51. The normalized spacial score (nSPS) is 15.7. The molecular formula is C13H17Cl2N3O. The molecule has 1 aromatic heterocycles. The van der Waals surface area contributed by atoms with Crippen molar-refractivity contribution in [2.45, 2.75) is 12.8 Å². The van der Waals surface area contributed by atoms with Crippen LogP contribution >= 0.6 is 23.2 Å². The molecule has 0 unspecified atom stereocenters. The highest BCUT2D eigenvalue weighted by molar-refractivity contribution is 6.35. The number of carbonyl (C=O) groups is 1. The molecule has 19 heavy (non-hydrogen) atoms. The molecule has 0 N–H and O–H groups in total. The van der Waals surface area contributed by atoms with Crippen molar-refractivity contribution in [3.8, 4) is 0 Å². The van der Waals surface area contributed by atoms with Gasteiger partial charge in [-0.2, -0.15) is 0 Å². The lowest BCUT2D eigenvalue weighted by Crippen LogP contribution is -2.35. The van der Waals surface area contributed by atoms with Gasteiger partial charge in [0.1, 0.15) is 5.15 Å². The minimum atomic E-state index is -0.117. The minimum Gasteiger partial charge on any atom is -0.340 e. The Labute approximate surface area is 123 Å². The number of aromatic nitrogens is 1. The molecule has 1 amide bonds. The Bertz CT molecular complexity index is 461. The second-order valence-corrected chi connectivity index (χ2v) is 5.56. The first-order valence-corrected chi connectivity index (χ1v) is 7.12. The van der Waals surface area contributed by atoms with Crippen LogP contribution in [0, 0.1) is 0 Å².